The minimum atomic E-state index is -3.51. The molecule has 7 heteroatoms. The van der Waals surface area contributed by atoms with Gasteiger partial charge < -0.3 is 5.32 Å². The third-order valence-electron chi connectivity index (χ3n) is 5.70. The first-order valence-corrected chi connectivity index (χ1v) is 12.0. The summed E-state index contributed by atoms with van der Waals surface area (Å²) in [5, 5.41) is 2.98. The maximum Gasteiger partial charge on any atom is 0.243 e. The van der Waals surface area contributed by atoms with Crippen LogP contribution in [0.3, 0.4) is 0 Å². The summed E-state index contributed by atoms with van der Waals surface area (Å²) < 4.78 is 27.5. The quantitative estimate of drug-likeness (QED) is 0.733. The van der Waals surface area contributed by atoms with Gasteiger partial charge in [-0.3, -0.25) is 9.69 Å². The van der Waals surface area contributed by atoms with Crippen LogP contribution in [0.1, 0.15) is 31.4 Å². The Morgan fingerprint density at radius 1 is 1.03 bits per heavy atom. The Bertz CT molecular complexity index is 965. The molecule has 1 amide bonds. The van der Waals surface area contributed by atoms with Gasteiger partial charge in [-0.25, -0.2) is 8.42 Å². The molecular formula is C23H31N3O3S. The predicted molar refractivity (Wildman–Crippen MR) is 120 cm³/mol. The van der Waals surface area contributed by atoms with Gasteiger partial charge in [-0.15, -0.1) is 0 Å². The lowest BCUT2D eigenvalue weighted by Gasteiger charge is -2.36. The Kier molecular flexibility index (Phi) is 7.28. The summed E-state index contributed by atoms with van der Waals surface area (Å²) in [6.45, 7) is 7.72. The highest BCUT2D eigenvalue weighted by Gasteiger charge is 2.31. The smallest absolute Gasteiger partial charge is 0.243 e. The molecule has 1 aliphatic heterocycles. The summed E-state index contributed by atoms with van der Waals surface area (Å²) in [5.41, 5.74) is 2.97. The van der Waals surface area contributed by atoms with Crippen LogP contribution in [0, 0.1) is 6.92 Å². The number of carbonyl (C=O) groups excluding carboxylic acids is 1. The van der Waals surface area contributed by atoms with Gasteiger partial charge in [0.25, 0.3) is 0 Å². The topological polar surface area (TPSA) is 69.7 Å². The van der Waals surface area contributed by atoms with Crippen molar-refractivity contribution in [3.05, 3.63) is 59.7 Å². The highest BCUT2D eigenvalue weighted by Crippen LogP contribution is 2.20. The van der Waals surface area contributed by atoms with Gasteiger partial charge in [0.2, 0.25) is 15.9 Å². The Labute approximate surface area is 179 Å². The first-order chi connectivity index (χ1) is 14.3. The molecule has 2 aromatic rings. The molecule has 1 saturated heterocycles. The molecule has 3 rings (SSSR count). The van der Waals surface area contributed by atoms with E-state index in [1.807, 2.05) is 55.1 Å². The fourth-order valence-corrected chi connectivity index (χ4v) is 5.14. The van der Waals surface area contributed by atoms with E-state index in [0.717, 1.165) is 29.7 Å². The summed E-state index contributed by atoms with van der Waals surface area (Å²) in [6.07, 6.45) is 1.98. The maximum atomic E-state index is 13.0. The number of carbonyl (C=O) groups is 1. The average molecular weight is 430 g/mol. The van der Waals surface area contributed by atoms with Crippen molar-refractivity contribution >= 4 is 21.6 Å². The molecule has 0 radical (unpaired) electrons. The highest BCUT2D eigenvalue weighted by atomic mass is 32.2. The van der Waals surface area contributed by atoms with Crippen LogP contribution in [-0.2, 0) is 21.2 Å². The van der Waals surface area contributed by atoms with E-state index in [1.165, 1.54) is 4.31 Å². The zero-order chi connectivity index (χ0) is 21.7. The van der Waals surface area contributed by atoms with Gasteiger partial charge in [0, 0.05) is 31.9 Å². The van der Waals surface area contributed by atoms with E-state index < -0.39 is 10.0 Å². The molecule has 30 heavy (non-hydrogen) atoms. The number of hydrogen-bond donors (Lipinski definition) is 1. The van der Waals surface area contributed by atoms with E-state index in [4.69, 9.17) is 0 Å². The standard InChI is InChI=1S/C23H31N3O3S/c1-4-7-20-10-12-21(13-11-20)30(28,29)26-16-14-25(15-17-26)19(3)23(27)24-22-9-6-5-8-18(22)2/h5-6,8-13,19H,4,7,14-17H2,1-3H3,(H,24,27). The normalized spacial score (nSPS) is 16.9. The van der Waals surface area contributed by atoms with E-state index >= 15 is 0 Å². The molecule has 1 N–H and O–H groups in total. The third-order valence-corrected chi connectivity index (χ3v) is 7.62. The number of anilines is 1. The van der Waals surface area contributed by atoms with Crippen LogP contribution in [0.4, 0.5) is 5.69 Å². The lowest BCUT2D eigenvalue weighted by Crippen LogP contribution is -2.53. The monoisotopic (exact) mass is 429 g/mol. The van der Waals surface area contributed by atoms with Crippen LogP contribution in [0.5, 0.6) is 0 Å². The first-order valence-electron chi connectivity index (χ1n) is 10.5. The van der Waals surface area contributed by atoms with Crippen molar-refractivity contribution in [2.45, 2.75) is 44.6 Å². The molecule has 0 aliphatic carbocycles. The Balaban J connectivity index is 1.59. The number of benzene rings is 2. The van der Waals surface area contributed by atoms with Crippen LogP contribution < -0.4 is 5.32 Å². The molecule has 2 aromatic carbocycles. The molecule has 6 nitrogen and oxygen atoms in total. The number of hydrogen-bond acceptors (Lipinski definition) is 4. The molecule has 162 valence electrons. The van der Waals surface area contributed by atoms with Crippen molar-refractivity contribution in [2.24, 2.45) is 0 Å². The van der Waals surface area contributed by atoms with E-state index in [2.05, 4.69) is 12.2 Å². The van der Waals surface area contributed by atoms with Crippen LogP contribution in [0.15, 0.2) is 53.4 Å². The lowest BCUT2D eigenvalue weighted by atomic mass is 10.1. The fourth-order valence-electron chi connectivity index (χ4n) is 3.71. The Morgan fingerprint density at radius 3 is 2.27 bits per heavy atom. The zero-order valence-corrected chi connectivity index (χ0v) is 18.8. The molecule has 1 fully saturated rings. The molecule has 0 bridgehead atoms. The first kappa shape index (κ1) is 22.5. The predicted octanol–water partition coefficient (Wildman–Crippen LogP) is 3.28. The van der Waals surface area contributed by atoms with Crippen molar-refractivity contribution < 1.29 is 13.2 Å². The number of amides is 1. The summed E-state index contributed by atoms with van der Waals surface area (Å²) in [7, 11) is -3.51. The molecule has 1 atom stereocenters. The second-order valence-electron chi connectivity index (χ2n) is 7.81. The van der Waals surface area contributed by atoms with Gasteiger partial charge in [0.15, 0.2) is 0 Å². The van der Waals surface area contributed by atoms with Gasteiger partial charge in [0.05, 0.1) is 10.9 Å². The zero-order valence-electron chi connectivity index (χ0n) is 18.0. The largest absolute Gasteiger partial charge is 0.324 e. The molecule has 1 aliphatic rings. The van der Waals surface area contributed by atoms with Crippen LogP contribution >= 0.6 is 0 Å². The van der Waals surface area contributed by atoms with Gasteiger partial charge in [-0.05, 0) is 49.6 Å². The molecule has 0 saturated carbocycles. The maximum absolute atomic E-state index is 13.0. The molecule has 0 aromatic heterocycles. The number of piperazine rings is 1. The Hall–Kier alpha value is -2.22. The van der Waals surface area contributed by atoms with Gasteiger partial charge >= 0.3 is 0 Å². The summed E-state index contributed by atoms with van der Waals surface area (Å²) in [4.78, 5) is 15.0. The SMILES string of the molecule is CCCc1ccc(S(=O)(=O)N2CCN(C(C)C(=O)Nc3ccccc3C)CC2)cc1. The van der Waals surface area contributed by atoms with Crippen molar-refractivity contribution in [1.82, 2.24) is 9.21 Å². The van der Waals surface area contributed by atoms with Crippen molar-refractivity contribution in [2.75, 3.05) is 31.5 Å². The van der Waals surface area contributed by atoms with E-state index in [9.17, 15) is 13.2 Å². The number of para-hydroxylation sites is 1. The average Bonchev–Trinajstić information content (AvgIpc) is 2.75. The molecule has 0 spiro atoms. The second-order valence-corrected chi connectivity index (χ2v) is 9.75. The highest BCUT2D eigenvalue weighted by molar-refractivity contribution is 7.89. The van der Waals surface area contributed by atoms with Crippen LogP contribution in [0.25, 0.3) is 0 Å². The number of rotatable bonds is 7. The minimum absolute atomic E-state index is 0.0767. The van der Waals surface area contributed by atoms with Crippen LogP contribution in [0.2, 0.25) is 0 Å². The van der Waals surface area contributed by atoms with E-state index in [0.29, 0.717) is 31.1 Å². The fraction of sp³-hybridized carbons (Fsp3) is 0.435. The summed E-state index contributed by atoms with van der Waals surface area (Å²) in [6, 6.07) is 14.5. The van der Waals surface area contributed by atoms with E-state index in [1.54, 1.807) is 12.1 Å². The molecule has 1 unspecified atom stereocenters. The third kappa shape index (κ3) is 5.09. The van der Waals surface area contributed by atoms with Gasteiger partial charge in [-0.2, -0.15) is 4.31 Å². The number of aryl methyl sites for hydroxylation is 2. The molecular weight excluding hydrogens is 398 g/mol. The number of nitrogens with one attached hydrogen (secondary N) is 1. The van der Waals surface area contributed by atoms with Crippen molar-refractivity contribution in [3.63, 3.8) is 0 Å². The summed E-state index contributed by atoms with van der Waals surface area (Å²) >= 11 is 0. The number of sulfonamides is 1. The Morgan fingerprint density at radius 2 is 1.67 bits per heavy atom. The van der Waals surface area contributed by atoms with Crippen LogP contribution in [-0.4, -0.2) is 55.8 Å². The van der Waals surface area contributed by atoms with Gasteiger partial charge in [0.1, 0.15) is 0 Å². The van der Waals surface area contributed by atoms with Crippen molar-refractivity contribution in [1.29, 1.82) is 0 Å². The van der Waals surface area contributed by atoms with Crippen molar-refractivity contribution in [3.8, 4) is 0 Å². The summed E-state index contributed by atoms with van der Waals surface area (Å²) in [5.74, 6) is -0.0767. The lowest BCUT2D eigenvalue weighted by molar-refractivity contribution is -0.121. The van der Waals surface area contributed by atoms with E-state index in [-0.39, 0.29) is 11.9 Å². The molecule has 1 heterocycles. The minimum Gasteiger partial charge on any atom is -0.324 e. The number of nitrogens with zero attached hydrogens (tertiary/aromatic N) is 2. The van der Waals surface area contributed by atoms with Gasteiger partial charge in [-0.1, -0.05) is 43.7 Å². The second kappa shape index (κ2) is 9.73.